The molecular weight excluding hydrogens is 432 g/mol. The summed E-state index contributed by atoms with van der Waals surface area (Å²) in [5, 5.41) is 2.70. The number of hydrogen-bond acceptors (Lipinski definition) is 6. The minimum Gasteiger partial charge on any atom is -0.493 e. The number of carbonyl (C=O) groups is 1. The highest BCUT2D eigenvalue weighted by Crippen LogP contribution is 2.29. The number of aryl methyl sites for hydroxylation is 1. The molecule has 0 spiro atoms. The van der Waals surface area contributed by atoms with Crippen LogP contribution in [0.3, 0.4) is 0 Å². The van der Waals surface area contributed by atoms with E-state index >= 15 is 0 Å². The highest BCUT2D eigenvalue weighted by molar-refractivity contribution is 7.92. The van der Waals surface area contributed by atoms with E-state index in [1.54, 1.807) is 30.3 Å². The molecule has 3 aromatic rings. The van der Waals surface area contributed by atoms with E-state index < -0.39 is 10.0 Å². The van der Waals surface area contributed by atoms with Crippen LogP contribution in [0.2, 0.25) is 0 Å². The average molecular weight is 457 g/mol. The van der Waals surface area contributed by atoms with Gasteiger partial charge in [0.2, 0.25) is 0 Å². The van der Waals surface area contributed by atoms with Crippen LogP contribution in [0.25, 0.3) is 0 Å². The Morgan fingerprint density at radius 2 is 1.47 bits per heavy atom. The van der Waals surface area contributed by atoms with Crippen molar-refractivity contribution in [2.45, 2.75) is 11.8 Å². The molecule has 3 aromatic carbocycles. The minimum absolute atomic E-state index is 0.0835. The second kappa shape index (κ2) is 10.1. The molecule has 0 atom stereocenters. The Bertz CT molecular complexity index is 1180. The van der Waals surface area contributed by atoms with Gasteiger partial charge in [0, 0.05) is 17.4 Å². The summed E-state index contributed by atoms with van der Waals surface area (Å²) in [6.07, 6.45) is 0. The highest BCUT2D eigenvalue weighted by atomic mass is 32.2. The minimum atomic E-state index is -3.73. The molecule has 0 aliphatic rings. The Kier molecular flexibility index (Phi) is 7.21. The Labute approximate surface area is 187 Å². The average Bonchev–Trinajstić information content (AvgIpc) is 2.79. The number of benzene rings is 3. The maximum absolute atomic E-state index is 12.5. The molecule has 0 heterocycles. The third kappa shape index (κ3) is 5.92. The van der Waals surface area contributed by atoms with Crippen molar-refractivity contribution in [1.82, 2.24) is 0 Å². The molecule has 0 saturated carbocycles. The molecule has 9 heteroatoms. The number of hydrogen-bond donors (Lipinski definition) is 2. The summed E-state index contributed by atoms with van der Waals surface area (Å²) in [5.74, 6) is 1.02. The van der Waals surface area contributed by atoms with Crippen LogP contribution in [0.1, 0.15) is 5.56 Å². The van der Waals surface area contributed by atoms with Gasteiger partial charge in [-0.1, -0.05) is 17.7 Å². The van der Waals surface area contributed by atoms with Gasteiger partial charge in [0.1, 0.15) is 5.75 Å². The smallest absolute Gasteiger partial charge is 0.262 e. The van der Waals surface area contributed by atoms with Crippen molar-refractivity contribution in [3.63, 3.8) is 0 Å². The van der Waals surface area contributed by atoms with E-state index in [1.807, 2.05) is 19.1 Å². The summed E-state index contributed by atoms with van der Waals surface area (Å²) in [7, 11) is -0.701. The van der Waals surface area contributed by atoms with Crippen LogP contribution in [0.5, 0.6) is 17.2 Å². The summed E-state index contributed by atoms with van der Waals surface area (Å²) >= 11 is 0. The lowest BCUT2D eigenvalue weighted by Crippen LogP contribution is -2.20. The number of ether oxygens (including phenoxy) is 3. The molecule has 0 aliphatic carbocycles. The van der Waals surface area contributed by atoms with Crippen LogP contribution in [0, 0.1) is 6.92 Å². The number of methoxy groups -OCH3 is 2. The van der Waals surface area contributed by atoms with Gasteiger partial charge in [-0.05, 0) is 55.5 Å². The maximum Gasteiger partial charge on any atom is 0.262 e. The number of sulfonamides is 1. The zero-order valence-electron chi connectivity index (χ0n) is 17.9. The Balaban J connectivity index is 1.57. The molecular formula is C23H24N2O6S. The quantitative estimate of drug-likeness (QED) is 0.507. The third-order valence-electron chi connectivity index (χ3n) is 4.48. The molecule has 0 aliphatic heterocycles. The van der Waals surface area contributed by atoms with Gasteiger partial charge in [-0.3, -0.25) is 9.52 Å². The van der Waals surface area contributed by atoms with Crippen LogP contribution in [-0.4, -0.2) is 35.2 Å². The Morgan fingerprint density at radius 1 is 0.844 bits per heavy atom. The van der Waals surface area contributed by atoms with Crippen molar-refractivity contribution in [3.8, 4) is 17.2 Å². The summed E-state index contributed by atoms with van der Waals surface area (Å²) in [5.41, 5.74) is 2.03. The van der Waals surface area contributed by atoms with Gasteiger partial charge < -0.3 is 19.5 Å². The van der Waals surface area contributed by atoms with Gasteiger partial charge in [0.15, 0.2) is 18.1 Å². The summed E-state index contributed by atoms with van der Waals surface area (Å²) in [6.45, 7) is 1.67. The molecule has 2 N–H and O–H groups in total. The van der Waals surface area contributed by atoms with Gasteiger partial charge in [-0.15, -0.1) is 0 Å². The van der Waals surface area contributed by atoms with Gasteiger partial charge in [0.25, 0.3) is 15.9 Å². The fraction of sp³-hybridized carbons (Fsp3) is 0.174. The number of carbonyl (C=O) groups excluding carboxylic acids is 1. The first-order valence-corrected chi connectivity index (χ1v) is 11.1. The van der Waals surface area contributed by atoms with E-state index in [0.717, 1.165) is 5.56 Å². The van der Waals surface area contributed by atoms with Gasteiger partial charge in [0.05, 0.1) is 19.1 Å². The van der Waals surface area contributed by atoms with E-state index in [9.17, 15) is 13.2 Å². The van der Waals surface area contributed by atoms with Crippen molar-refractivity contribution in [3.05, 3.63) is 72.3 Å². The third-order valence-corrected chi connectivity index (χ3v) is 5.87. The van der Waals surface area contributed by atoms with Gasteiger partial charge in [-0.2, -0.15) is 0 Å². The van der Waals surface area contributed by atoms with Gasteiger partial charge in [-0.25, -0.2) is 8.42 Å². The zero-order valence-corrected chi connectivity index (χ0v) is 18.7. The van der Waals surface area contributed by atoms with E-state index in [0.29, 0.717) is 28.6 Å². The molecule has 0 radical (unpaired) electrons. The molecule has 0 aromatic heterocycles. The first-order valence-electron chi connectivity index (χ1n) is 9.65. The monoisotopic (exact) mass is 456 g/mol. The Morgan fingerprint density at radius 3 is 2.09 bits per heavy atom. The largest absolute Gasteiger partial charge is 0.493 e. The summed E-state index contributed by atoms with van der Waals surface area (Å²) < 4.78 is 43.4. The molecule has 8 nitrogen and oxygen atoms in total. The van der Waals surface area contributed by atoms with Crippen molar-refractivity contribution in [2.24, 2.45) is 0 Å². The van der Waals surface area contributed by atoms with E-state index in [4.69, 9.17) is 14.2 Å². The van der Waals surface area contributed by atoms with Crippen molar-refractivity contribution < 1.29 is 27.4 Å². The van der Waals surface area contributed by atoms with E-state index in [1.165, 1.54) is 38.5 Å². The summed E-state index contributed by atoms with van der Waals surface area (Å²) in [6, 6.07) is 17.8. The number of amides is 1. The normalized spacial score (nSPS) is 10.8. The standard InChI is InChI=1S/C23H24N2O6S/c1-16-4-6-17(7-5-16)25-32(27,28)20-11-9-19(10-12-20)31-15-23(26)24-18-8-13-21(29-2)22(14-18)30-3/h4-14,25H,15H2,1-3H3,(H,24,26). The zero-order chi connectivity index (χ0) is 23.1. The lowest BCUT2D eigenvalue weighted by Gasteiger charge is -2.12. The lowest BCUT2D eigenvalue weighted by molar-refractivity contribution is -0.118. The molecule has 1 amide bonds. The second-order valence-electron chi connectivity index (χ2n) is 6.85. The Hall–Kier alpha value is -3.72. The number of nitrogens with one attached hydrogen (secondary N) is 2. The van der Waals surface area contributed by atoms with Crippen LogP contribution >= 0.6 is 0 Å². The highest BCUT2D eigenvalue weighted by Gasteiger charge is 2.14. The maximum atomic E-state index is 12.5. The van der Waals surface area contributed by atoms with Crippen LogP contribution in [0.15, 0.2) is 71.6 Å². The SMILES string of the molecule is COc1ccc(NC(=O)COc2ccc(S(=O)(=O)Nc3ccc(C)cc3)cc2)cc1OC. The molecule has 32 heavy (non-hydrogen) atoms. The van der Waals surface area contributed by atoms with Gasteiger partial charge >= 0.3 is 0 Å². The topological polar surface area (TPSA) is 103 Å². The first kappa shape index (κ1) is 23.0. The molecule has 0 saturated heterocycles. The molecule has 3 rings (SSSR count). The predicted molar refractivity (Wildman–Crippen MR) is 122 cm³/mol. The number of anilines is 2. The van der Waals surface area contributed by atoms with E-state index in [2.05, 4.69) is 10.0 Å². The van der Waals surface area contributed by atoms with E-state index in [-0.39, 0.29) is 17.4 Å². The summed E-state index contributed by atoms with van der Waals surface area (Å²) in [4.78, 5) is 12.3. The molecule has 0 unspecified atom stereocenters. The second-order valence-corrected chi connectivity index (χ2v) is 8.53. The fourth-order valence-corrected chi connectivity index (χ4v) is 3.87. The fourth-order valence-electron chi connectivity index (χ4n) is 2.81. The van der Waals surface area contributed by atoms with Crippen LogP contribution in [0.4, 0.5) is 11.4 Å². The van der Waals surface area contributed by atoms with Crippen LogP contribution < -0.4 is 24.2 Å². The molecule has 168 valence electrons. The predicted octanol–water partition coefficient (Wildman–Crippen LogP) is 3.83. The molecule has 0 bridgehead atoms. The number of rotatable bonds is 9. The van der Waals surface area contributed by atoms with Crippen molar-refractivity contribution in [1.29, 1.82) is 0 Å². The van der Waals surface area contributed by atoms with Crippen LogP contribution in [-0.2, 0) is 14.8 Å². The molecule has 0 fully saturated rings. The van der Waals surface area contributed by atoms with Crippen molar-refractivity contribution in [2.75, 3.05) is 30.9 Å². The first-order chi connectivity index (χ1) is 15.3. The lowest BCUT2D eigenvalue weighted by atomic mass is 10.2. The van der Waals surface area contributed by atoms with Crippen molar-refractivity contribution >= 4 is 27.3 Å².